The van der Waals surface area contributed by atoms with Crippen LogP contribution in [0.3, 0.4) is 0 Å². The van der Waals surface area contributed by atoms with Crippen LogP contribution in [0.4, 0.5) is 0 Å². The van der Waals surface area contributed by atoms with Gasteiger partial charge in [-0.25, -0.2) is 4.79 Å². The molecule has 29 heavy (non-hydrogen) atoms. The Bertz CT molecular complexity index is 889. The van der Waals surface area contributed by atoms with Crippen molar-refractivity contribution in [2.75, 3.05) is 0 Å². The maximum atomic E-state index is 13.0. The first-order chi connectivity index (χ1) is 14.1. The minimum Gasteiger partial charge on any atom is -0.449 e. The molecule has 0 saturated heterocycles. The number of hydrogen-bond acceptors (Lipinski definition) is 4. The molecule has 0 aliphatic heterocycles. The van der Waals surface area contributed by atoms with E-state index >= 15 is 0 Å². The van der Waals surface area contributed by atoms with Gasteiger partial charge >= 0.3 is 5.97 Å². The van der Waals surface area contributed by atoms with Gasteiger partial charge in [0.15, 0.2) is 6.10 Å². The van der Waals surface area contributed by atoms with Crippen LogP contribution in [0.25, 0.3) is 0 Å². The molecule has 0 aliphatic rings. The predicted octanol–water partition coefficient (Wildman–Crippen LogP) is 4.17. The first kappa shape index (κ1) is 20.3. The Labute approximate surface area is 170 Å². The highest BCUT2D eigenvalue weighted by molar-refractivity contribution is 5.96. The van der Waals surface area contributed by atoms with Crippen LogP contribution < -0.4 is 5.32 Å². The van der Waals surface area contributed by atoms with Gasteiger partial charge in [0.2, 0.25) is 0 Å². The second-order valence-electron chi connectivity index (χ2n) is 7.04. The maximum absolute atomic E-state index is 13.0. The quantitative estimate of drug-likeness (QED) is 0.617. The Hall–Kier alpha value is -3.47. The highest BCUT2D eigenvalue weighted by Crippen LogP contribution is 2.25. The van der Waals surface area contributed by atoms with Gasteiger partial charge in [-0.2, -0.15) is 0 Å². The number of ether oxygens (including phenoxy) is 1. The highest BCUT2D eigenvalue weighted by atomic mass is 16.5. The minimum atomic E-state index is -0.780. The molecule has 0 spiro atoms. The molecule has 0 bridgehead atoms. The Morgan fingerprint density at radius 2 is 1.48 bits per heavy atom. The fourth-order valence-corrected chi connectivity index (χ4v) is 2.96. The molecule has 0 radical (unpaired) electrons. The first-order valence-electron chi connectivity index (χ1n) is 9.58. The second-order valence-corrected chi connectivity index (χ2v) is 7.04. The van der Waals surface area contributed by atoms with Crippen LogP contribution in [0.1, 0.15) is 41.6 Å². The summed E-state index contributed by atoms with van der Waals surface area (Å²) in [5, 5.41) is 2.81. The van der Waals surface area contributed by atoms with Crippen LogP contribution in [-0.2, 0) is 9.53 Å². The summed E-state index contributed by atoms with van der Waals surface area (Å²) in [6.07, 6.45) is 1.01. The molecule has 3 rings (SSSR count). The molecule has 1 heterocycles. The van der Waals surface area contributed by atoms with Crippen LogP contribution in [0.15, 0.2) is 85.1 Å². The fraction of sp³-hybridized carbons (Fsp3) is 0.208. The van der Waals surface area contributed by atoms with Crippen molar-refractivity contribution < 1.29 is 14.3 Å². The number of benzene rings is 2. The van der Waals surface area contributed by atoms with Crippen LogP contribution >= 0.6 is 0 Å². The monoisotopic (exact) mass is 388 g/mol. The number of nitrogens with zero attached hydrogens (tertiary/aromatic N) is 1. The number of carbonyl (C=O) groups excluding carboxylic acids is 2. The number of rotatable bonds is 7. The van der Waals surface area contributed by atoms with Gasteiger partial charge in [-0.3, -0.25) is 9.78 Å². The smallest absolute Gasteiger partial charge is 0.329 e. The normalized spacial score (nSPS) is 12.8. The molecule has 1 N–H and O–H groups in total. The number of aromatic nitrogens is 1. The summed E-state index contributed by atoms with van der Waals surface area (Å²) in [7, 11) is 0. The van der Waals surface area contributed by atoms with Crippen molar-refractivity contribution in [3.63, 3.8) is 0 Å². The molecule has 0 aliphatic carbocycles. The predicted molar refractivity (Wildman–Crippen MR) is 111 cm³/mol. The zero-order valence-electron chi connectivity index (χ0n) is 16.5. The molecule has 0 saturated carbocycles. The number of pyridine rings is 1. The summed E-state index contributed by atoms with van der Waals surface area (Å²) < 4.78 is 5.87. The SMILES string of the molecule is CC(C)C(NC(=O)c1ccccc1)C(=O)OC(c1ccccc1)c1ccccn1. The molecule has 5 heteroatoms. The molecule has 0 fully saturated rings. The van der Waals surface area contributed by atoms with E-state index in [1.54, 1.807) is 30.5 Å². The lowest BCUT2D eigenvalue weighted by Crippen LogP contribution is -2.45. The number of nitrogens with one attached hydrogen (secondary N) is 1. The van der Waals surface area contributed by atoms with Crippen molar-refractivity contribution in [1.29, 1.82) is 0 Å². The van der Waals surface area contributed by atoms with Crippen molar-refractivity contribution in [1.82, 2.24) is 10.3 Å². The van der Waals surface area contributed by atoms with Gasteiger partial charge in [0.25, 0.3) is 5.91 Å². The van der Waals surface area contributed by atoms with E-state index in [1.807, 2.05) is 68.4 Å². The van der Waals surface area contributed by atoms with Gasteiger partial charge in [0.05, 0.1) is 5.69 Å². The van der Waals surface area contributed by atoms with E-state index in [0.717, 1.165) is 5.56 Å². The van der Waals surface area contributed by atoms with E-state index in [1.165, 1.54) is 0 Å². The first-order valence-corrected chi connectivity index (χ1v) is 9.58. The lowest BCUT2D eigenvalue weighted by molar-refractivity contribution is -0.151. The summed E-state index contributed by atoms with van der Waals surface area (Å²) in [6.45, 7) is 3.74. The van der Waals surface area contributed by atoms with Gasteiger partial charge in [-0.15, -0.1) is 0 Å². The molecule has 2 aromatic carbocycles. The van der Waals surface area contributed by atoms with Crippen molar-refractivity contribution in [3.05, 3.63) is 102 Å². The van der Waals surface area contributed by atoms with Gasteiger partial charge in [-0.05, 0) is 35.7 Å². The summed E-state index contributed by atoms with van der Waals surface area (Å²) >= 11 is 0. The standard InChI is InChI=1S/C24H24N2O3/c1-17(2)21(26-23(27)19-13-7-4-8-14-19)24(28)29-22(18-11-5-3-6-12-18)20-15-9-10-16-25-20/h3-17,21-22H,1-2H3,(H,26,27). The second kappa shape index (κ2) is 9.64. The lowest BCUT2D eigenvalue weighted by atomic mass is 10.0. The average molecular weight is 388 g/mol. The third-order valence-corrected chi connectivity index (χ3v) is 4.54. The Morgan fingerprint density at radius 1 is 0.862 bits per heavy atom. The zero-order chi connectivity index (χ0) is 20.6. The number of carbonyl (C=O) groups is 2. The summed E-state index contributed by atoms with van der Waals surface area (Å²) in [6, 6.07) is 23.0. The Balaban J connectivity index is 1.82. The minimum absolute atomic E-state index is 0.143. The largest absolute Gasteiger partial charge is 0.449 e. The molecule has 1 aromatic heterocycles. The Kier molecular flexibility index (Phi) is 6.74. The topological polar surface area (TPSA) is 68.3 Å². The molecule has 2 atom stereocenters. The summed E-state index contributed by atoms with van der Waals surface area (Å²) in [5.41, 5.74) is 1.94. The van der Waals surface area contributed by atoms with E-state index in [-0.39, 0.29) is 11.8 Å². The number of esters is 1. The van der Waals surface area contributed by atoms with E-state index in [2.05, 4.69) is 10.3 Å². The molecule has 2 unspecified atom stereocenters. The van der Waals surface area contributed by atoms with Crippen LogP contribution in [-0.4, -0.2) is 22.9 Å². The Morgan fingerprint density at radius 3 is 2.07 bits per heavy atom. The van der Waals surface area contributed by atoms with Crippen molar-refractivity contribution in [2.24, 2.45) is 5.92 Å². The molecule has 1 amide bonds. The maximum Gasteiger partial charge on any atom is 0.329 e. The van der Waals surface area contributed by atoms with Crippen LogP contribution in [0, 0.1) is 5.92 Å². The molecule has 3 aromatic rings. The number of amides is 1. The zero-order valence-corrected chi connectivity index (χ0v) is 16.5. The van der Waals surface area contributed by atoms with Crippen LogP contribution in [0.2, 0.25) is 0 Å². The molecule has 5 nitrogen and oxygen atoms in total. The van der Waals surface area contributed by atoms with E-state index in [0.29, 0.717) is 11.3 Å². The molecule has 148 valence electrons. The summed E-state index contributed by atoms with van der Waals surface area (Å²) in [5.74, 6) is -0.950. The van der Waals surface area contributed by atoms with Gasteiger partial charge in [0, 0.05) is 11.8 Å². The van der Waals surface area contributed by atoms with Crippen molar-refractivity contribution >= 4 is 11.9 Å². The number of hydrogen-bond donors (Lipinski definition) is 1. The van der Waals surface area contributed by atoms with Crippen molar-refractivity contribution in [2.45, 2.75) is 26.0 Å². The molecular weight excluding hydrogens is 364 g/mol. The fourth-order valence-electron chi connectivity index (χ4n) is 2.96. The van der Waals surface area contributed by atoms with E-state index in [9.17, 15) is 9.59 Å². The lowest BCUT2D eigenvalue weighted by Gasteiger charge is -2.25. The summed E-state index contributed by atoms with van der Waals surface area (Å²) in [4.78, 5) is 30.0. The highest BCUT2D eigenvalue weighted by Gasteiger charge is 2.30. The van der Waals surface area contributed by atoms with Crippen LogP contribution in [0.5, 0.6) is 0 Å². The molecular formula is C24H24N2O3. The van der Waals surface area contributed by atoms with Gasteiger partial charge in [0.1, 0.15) is 6.04 Å². The average Bonchev–Trinajstić information content (AvgIpc) is 2.77. The van der Waals surface area contributed by atoms with Gasteiger partial charge < -0.3 is 10.1 Å². The third kappa shape index (κ3) is 5.29. The van der Waals surface area contributed by atoms with Gasteiger partial charge in [-0.1, -0.05) is 68.4 Å². The van der Waals surface area contributed by atoms with Crippen molar-refractivity contribution in [3.8, 4) is 0 Å². The third-order valence-electron chi connectivity index (χ3n) is 4.54. The van der Waals surface area contributed by atoms with E-state index in [4.69, 9.17) is 4.74 Å². The van der Waals surface area contributed by atoms with E-state index < -0.39 is 18.1 Å².